The van der Waals surface area contributed by atoms with Crippen molar-refractivity contribution >= 4 is 11.7 Å². The largest absolute Gasteiger partial charge is 0.396 e. The van der Waals surface area contributed by atoms with Crippen molar-refractivity contribution in [1.82, 2.24) is 5.32 Å². The molecule has 1 aromatic carbocycles. The number of aliphatic hydroxyl groups excluding tert-OH is 1. The maximum absolute atomic E-state index is 13.3. The van der Waals surface area contributed by atoms with Gasteiger partial charge in [-0.3, -0.25) is 0 Å². The van der Waals surface area contributed by atoms with Crippen LogP contribution in [0.15, 0.2) is 18.2 Å². The molecule has 3 N–H and O–H groups in total. The summed E-state index contributed by atoms with van der Waals surface area (Å²) < 4.78 is 31.2. The zero-order valence-electron chi connectivity index (χ0n) is 10.1. The molecule has 0 bridgehead atoms. The fourth-order valence-electron chi connectivity index (χ4n) is 1.67. The Morgan fingerprint density at radius 3 is 2.74 bits per heavy atom. The zero-order valence-corrected chi connectivity index (χ0v) is 10.1. The van der Waals surface area contributed by atoms with Gasteiger partial charge in [0.15, 0.2) is 11.6 Å². The predicted molar refractivity (Wildman–Crippen MR) is 63.7 cm³/mol. The minimum absolute atomic E-state index is 0.110. The van der Waals surface area contributed by atoms with Crippen molar-refractivity contribution in [3.8, 4) is 0 Å². The van der Waals surface area contributed by atoms with Crippen LogP contribution in [0.3, 0.4) is 0 Å². The van der Waals surface area contributed by atoms with Crippen LogP contribution in [0.4, 0.5) is 19.3 Å². The fourth-order valence-corrected chi connectivity index (χ4v) is 1.67. The van der Waals surface area contributed by atoms with E-state index in [0.717, 1.165) is 6.07 Å². The topological polar surface area (TPSA) is 70.6 Å². The monoisotopic (exact) mass is 272 g/mol. The van der Waals surface area contributed by atoms with Crippen LogP contribution in [-0.4, -0.2) is 37.5 Å². The molecule has 1 aliphatic heterocycles. The molecular formula is C12H14F2N2O3. The number of carbonyl (C=O) groups is 1. The molecule has 1 heterocycles. The molecule has 0 spiro atoms. The van der Waals surface area contributed by atoms with Crippen molar-refractivity contribution in [3.63, 3.8) is 0 Å². The molecule has 19 heavy (non-hydrogen) atoms. The minimum atomic E-state index is -1.11. The molecule has 5 nitrogen and oxygen atoms in total. The maximum Gasteiger partial charge on any atom is 0.319 e. The second kappa shape index (κ2) is 5.50. The first-order valence-electron chi connectivity index (χ1n) is 5.74. The summed E-state index contributed by atoms with van der Waals surface area (Å²) in [5.41, 5.74) is -0.710. The summed E-state index contributed by atoms with van der Waals surface area (Å²) in [6, 6.07) is 2.85. The van der Waals surface area contributed by atoms with Crippen molar-refractivity contribution < 1.29 is 23.4 Å². The van der Waals surface area contributed by atoms with E-state index in [0.29, 0.717) is 13.2 Å². The zero-order chi connectivity index (χ0) is 13.9. The molecule has 1 aliphatic rings. The number of rotatable bonds is 4. The van der Waals surface area contributed by atoms with Crippen LogP contribution in [-0.2, 0) is 4.74 Å². The minimum Gasteiger partial charge on any atom is -0.396 e. The normalized spacial score (nSPS) is 16.6. The van der Waals surface area contributed by atoms with E-state index in [-0.39, 0.29) is 18.8 Å². The molecule has 1 aromatic rings. The molecule has 0 aliphatic carbocycles. The summed E-state index contributed by atoms with van der Waals surface area (Å²) >= 11 is 0. The predicted octanol–water partition coefficient (Wildman–Crippen LogP) is 1.10. The van der Waals surface area contributed by atoms with Gasteiger partial charge in [-0.25, -0.2) is 13.6 Å². The third-order valence-electron chi connectivity index (χ3n) is 2.98. The molecule has 0 unspecified atom stereocenters. The third-order valence-corrected chi connectivity index (χ3v) is 2.98. The number of halogens is 2. The SMILES string of the molecule is O=C(NCC1(CO)COC1)Nc1cccc(F)c1F. The molecule has 1 saturated heterocycles. The van der Waals surface area contributed by atoms with Crippen LogP contribution in [0.2, 0.25) is 0 Å². The molecule has 0 atom stereocenters. The van der Waals surface area contributed by atoms with E-state index in [9.17, 15) is 13.6 Å². The summed E-state index contributed by atoms with van der Waals surface area (Å²) in [4.78, 5) is 11.5. The average molecular weight is 272 g/mol. The number of hydrogen-bond acceptors (Lipinski definition) is 3. The van der Waals surface area contributed by atoms with Gasteiger partial charge in [0.2, 0.25) is 0 Å². The summed E-state index contributed by atoms with van der Waals surface area (Å²) in [5, 5.41) is 13.9. The first-order chi connectivity index (χ1) is 9.06. The second-order valence-electron chi connectivity index (χ2n) is 4.56. The standard InChI is InChI=1S/C12H14F2N2O3/c13-8-2-1-3-9(10(8)14)16-11(18)15-4-12(5-17)6-19-7-12/h1-3,17H,4-7H2,(H2,15,16,18). The lowest BCUT2D eigenvalue weighted by Crippen LogP contribution is -2.53. The molecule has 2 rings (SSSR count). The highest BCUT2D eigenvalue weighted by atomic mass is 19.2. The van der Waals surface area contributed by atoms with Gasteiger partial charge in [-0.2, -0.15) is 0 Å². The van der Waals surface area contributed by atoms with Crippen LogP contribution in [0.5, 0.6) is 0 Å². The lowest BCUT2D eigenvalue weighted by atomic mass is 9.87. The number of aliphatic hydroxyl groups is 1. The molecule has 0 saturated carbocycles. The van der Waals surface area contributed by atoms with Crippen molar-refractivity contribution in [2.24, 2.45) is 5.41 Å². The van der Waals surface area contributed by atoms with Crippen molar-refractivity contribution in [2.75, 3.05) is 31.7 Å². The highest BCUT2D eigenvalue weighted by Gasteiger charge is 2.38. The third kappa shape index (κ3) is 2.99. The first-order valence-corrected chi connectivity index (χ1v) is 5.74. The lowest BCUT2D eigenvalue weighted by molar-refractivity contribution is -0.132. The highest BCUT2D eigenvalue weighted by molar-refractivity contribution is 5.89. The van der Waals surface area contributed by atoms with E-state index >= 15 is 0 Å². The number of benzene rings is 1. The smallest absolute Gasteiger partial charge is 0.319 e. The number of amides is 2. The van der Waals surface area contributed by atoms with Crippen LogP contribution in [0.25, 0.3) is 0 Å². The highest BCUT2D eigenvalue weighted by Crippen LogP contribution is 2.25. The van der Waals surface area contributed by atoms with Gasteiger partial charge < -0.3 is 20.5 Å². The number of urea groups is 1. The fraction of sp³-hybridized carbons (Fsp3) is 0.417. The Kier molecular flexibility index (Phi) is 3.96. The van der Waals surface area contributed by atoms with E-state index in [1.165, 1.54) is 12.1 Å². The van der Waals surface area contributed by atoms with E-state index in [4.69, 9.17) is 9.84 Å². The molecule has 2 amide bonds. The van der Waals surface area contributed by atoms with Crippen LogP contribution in [0, 0.1) is 17.0 Å². The Morgan fingerprint density at radius 2 is 2.16 bits per heavy atom. The average Bonchev–Trinajstić information content (AvgIpc) is 2.34. The van der Waals surface area contributed by atoms with E-state index in [2.05, 4.69) is 10.6 Å². The maximum atomic E-state index is 13.3. The number of hydrogen-bond donors (Lipinski definition) is 3. The van der Waals surface area contributed by atoms with Crippen molar-refractivity contribution in [1.29, 1.82) is 0 Å². The Morgan fingerprint density at radius 1 is 1.42 bits per heavy atom. The second-order valence-corrected chi connectivity index (χ2v) is 4.56. The van der Waals surface area contributed by atoms with Crippen molar-refractivity contribution in [3.05, 3.63) is 29.8 Å². The number of carbonyl (C=O) groups excluding carboxylic acids is 1. The van der Waals surface area contributed by atoms with Gasteiger partial charge >= 0.3 is 6.03 Å². The molecule has 7 heteroatoms. The lowest BCUT2D eigenvalue weighted by Gasteiger charge is -2.39. The molecule has 1 fully saturated rings. The first kappa shape index (κ1) is 13.7. The van der Waals surface area contributed by atoms with Gasteiger partial charge in [0, 0.05) is 6.54 Å². The number of ether oxygens (including phenoxy) is 1. The van der Waals surface area contributed by atoms with E-state index < -0.39 is 23.1 Å². The summed E-state index contributed by atoms with van der Waals surface area (Å²) in [5.74, 6) is -2.14. The van der Waals surface area contributed by atoms with Gasteiger partial charge in [-0.05, 0) is 12.1 Å². The molecule has 0 radical (unpaired) electrons. The van der Waals surface area contributed by atoms with E-state index in [1.807, 2.05) is 0 Å². The molecule has 104 valence electrons. The Bertz CT molecular complexity index is 473. The van der Waals surface area contributed by atoms with Gasteiger partial charge in [-0.15, -0.1) is 0 Å². The van der Waals surface area contributed by atoms with Gasteiger partial charge in [0.25, 0.3) is 0 Å². The summed E-state index contributed by atoms with van der Waals surface area (Å²) in [6.45, 7) is 0.810. The number of anilines is 1. The Balaban J connectivity index is 1.89. The Labute approximate surface area is 108 Å². The van der Waals surface area contributed by atoms with Crippen LogP contribution < -0.4 is 10.6 Å². The van der Waals surface area contributed by atoms with E-state index in [1.54, 1.807) is 0 Å². The van der Waals surface area contributed by atoms with Gasteiger partial charge in [0.05, 0.1) is 30.9 Å². The Hall–Kier alpha value is -1.73. The van der Waals surface area contributed by atoms with Crippen LogP contribution >= 0.6 is 0 Å². The quantitative estimate of drug-likeness (QED) is 0.768. The summed E-state index contributed by atoms with van der Waals surface area (Å²) in [6.07, 6.45) is 0. The summed E-state index contributed by atoms with van der Waals surface area (Å²) in [7, 11) is 0. The van der Waals surface area contributed by atoms with Gasteiger partial charge in [0.1, 0.15) is 0 Å². The van der Waals surface area contributed by atoms with Crippen molar-refractivity contribution in [2.45, 2.75) is 0 Å². The number of nitrogens with one attached hydrogen (secondary N) is 2. The van der Waals surface area contributed by atoms with Crippen LogP contribution in [0.1, 0.15) is 0 Å². The molecule has 0 aromatic heterocycles. The molecular weight excluding hydrogens is 258 g/mol. The van der Waals surface area contributed by atoms with Gasteiger partial charge in [-0.1, -0.05) is 6.07 Å².